The van der Waals surface area contributed by atoms with Gasteiger partial charge in [-0.25, -0.2) is 0 Å². The predicted molar refractivity (Wildman–Crippen MR) is 69.9 cm³/mol. The van der Waals surface area contributed by atoms with Crippen molar-refractivity contribution in [3.63, 3.8) is 0 Å². The fourth-order valence-corrected chi connectivity index (χ4v) is 2.25. The van der Waals surface area contributed by atoms with Crippen molar-refractivity contribution in [2.24, 2.45) is 0 Å². The lowest BCUT2D eigenvalue weighted by Crippen LogP contribution is -2.30. The van der Waals surface area contributed by atoms with Crippen LogP contribution in [0.15, 0.2) is 0 Å². The molecule has 0 aliphatic carbocycles. The molecule has 1 saturated heterocycles. The van der Waals surface area contributed by atoms with Gasteiger partial charge in [0.05, 0.1) is 0 Å². The predicted octanol–water partition coefficient (Wildman–Crippen LogP) is 3.46. The van der Waals surface area contributed by atoms with Crippen molar-refractivity contribution < 1.29 is 4.74 Å². The van der Waals surface area contributed by atoms with Gasteiger partial charge in [-0.2, -0.15) is 0 Å². The molecule has 96 valence electrons. The summed E-state index contributed by atoms with van der Waals surface area (Å²) in [5.74, 6) is 0. The Kier molecular flexibility index (Phi) is 8.83. The summed E-state index contributed by atoms with van der Waals surface area (Å²) in [5.41, 5.74) is 0. The summed E-state index contributed by atoms with van der Waals surface area (Å²) >= 11 is 0. The van der Waals surface area contributed by atoms with Crippen LogP contribution in [-0.4, -0.2) is 37.7 Å². The van der Waals surface area contributed by atoms with Gasteiger partial charge in [-0.3, -0.25) is 0 Å². The van der Waals surface area contributed by atoms with Gasteiger partial charge in [-0.1, -0.05) is 19.8 Å². The van der Waals surface area contributed by atoms with Crippen molar-refractivity contribution in [2.45, 2.75) is 58.3 Å². The van der Waals surface area contributed by atoms with Gasteiger partial charge in [-0.05, 0) is 58.2 Å². The minimum Gasteiger partial charge on any atom is -0.381 e. The molecule has 16 heavy (non-hydrogen) atoms. The first-order valence-corrected chi connectivity index (χ1v) is 7.23. The summed E-state index contributed by atoms with van der Waals surface area (Å²) in [6.45, 7) is 8.14. The van der Waals surface area contributed by atoms with Crippen molar-refractivity contribution in [3.8, 4) is 0 Å². The Balaban J connectivity index is 1.77. The average Bonchev–Trinajstić information content (AvgIpc) is 2.34. The second kappa shape index (κ2) is 10.1. The number of hydrogen-bond donors (Lipinski definition) is 0. The second-order valence-electron chi connectivity index (χ2n) is 4.93. The molecule has 0 bridgehead atoms. The van der Waals surface area contributed by atoms with Crippen LogP contribution < -0.4 is 0 Å². The SMILES string of the molecule is CCCCOCCCCCN1CCCCC1. The average molecular weight is 227 g/mol. The number of unbranched alkanes of at least 4 members (excludes halogenated alkanes) is 3. The number of hydrogen-bond acceptors (Lipinski definition) is 2. The van der Waals surface area contributed by atoms with Crippen LogP contribution >= 0.6 is 0 Å². The Labute approximate surface area is 101 Å². The van der Waals surface area contributed by atoms with E-state index < -0.39 is 0 Å². The minimum atomic E-state index is 0.961. The summed E-state index contributed by atoms with van der Waals surface area (Å²) in [5, 5.41) is 0. The lowest BCUT2D eigenvalue weighted by molar-refractivity contribution is 0.125. The quantitative estimate of drug-likeness (QED) is 0.559. The van der Waals surface area contributed by atoms with Gasteiger partial charge >= 0.3 is 0 Å². The largest absolute Gasteiger partial charge is 0.381 e. The van der Waals surface area contributed by atoms with Crippen LogP contribution in [0, 0.1) is 0 Å². The van der Waals surface area contributed by atoms with Crippen LogP contribution in [0.4, 0.5) is 0 Å². The van der Waals surface area contributed by atoms with Crippen LogP contribution in [0.3, 0.4) is 0 Å². The number of nitrogens with zero attached hydrogens (tertiary/aromatic N) is 1. The minimum absolute atomic E-state index is 0.961. The molecule has 0 spiro atoms. The molecule has 1 rings (SSSR count). The van der Waals surface area contributed by atoms with Gasteiger partial charge in [0.2, 0.25) is 0 Å². The first-order valence-electron chi connectivity index (χ1n) is 7.23. The molecule has 2 heteroatoms. The van der Waals surface area contributed by atoms with E-state index in [-0.39, 0.29) is 0 Å². The van der Waals surface area contributed by atoms with E-state index in [2.05, 4.69) is 11.8 Å². The van der Waals surface area contributed by atoms with Gasteiger partial charge in [0.1, 0.15) is 0 Å². The van der Waals surface area contributed by atoms with E-state index in [9.17, 15) is 0 Å². The van der Waals surface area contributed by atoms with E-state index in [0.29, 0.717) is 0 Å². The number of likely N-dealkylation sites (tertiary alicyclic amines) is 1. The van der Waals surface area contributed by atoms with E-state index in [1.165, 1.54) is 71.0 Å². The molecule has 2 nitrogen and oxygen atoms in total. The summed E-state index contributed by atoms with van der Waals surface area (Å²) in [6.07, 6.45) is 10.7. The lowest BCUT2D eigenvalue weighted by Gasteiger charge is -2.26. The molecule has 0 amide bonds. The Morgan fingerprint density at radius 1 is 0.875 bits per heavy atom. The fourth-order valence-electron chi connectivity index (χ4n) is 2.25. The third kappa shape index (κ3) is 7.24. The van der Waals surface area contributed by atoms with Crippen molar-refractivity contribution in [3.05, 3.63) is 0 Å². The maximum atomic E-state index is 5.55. The first-order chi connectivity index (χ1) is 7.93. The number of rotatable bonds is 9. The number of ether oxygens (including phenoxy) is 1. The normalized spacial score (nSPS) is 17.8. The molecule has 0 radical (unpaired) electrons. The van der Waals surface area contributed by atoms with Crippen LogP contribution in [0.25, 0.3) is 0 Å². The smallest absolute Gasteiger partial charge is 0.0466 e. The zero-order valence-electron chi connectivity index (χ0n) is 11.0. The molecule has 1 fully saturated rings. The summed E-state index contributed by atoms with van der Waals surface area (Å²) < 4.78 is 5.55. The van der Waals surface area contributed by atoms with Gasteiger partial charge in [0.25, 0.3) is 0 Å². The third-order valence-corrected chi connectivity index (χ3v) is 3.35. The third-order valence-electron chi connectivity index (χ3n) is 3.35. The van der Waals surface area contributed by atoms with Crippen molar-refractivity contribution in [1.29, 1.82) is 0 Å². The molecule has 0 N–H and O–H groups in total. The van der Waals surface area contributed by atoms with E-state index in [0.717, 1.165) is 13.2 Å². The zero-order chi connectivity index (χ0) is 11.5. The Morgan fingerprint density at radius 2 is 1.62 bits per heavy atom. The van der Waals surface area contributed by atoms with Crippen LogP contribution in [0.5, 0.6) is 0 Å². The molecular formula is C14H29NO. The molecular weight excluding hydrogens is 198 g/mol. The van der Waals surface area contributed by atoms with Crippen molar-refractivity contribution in [2.75, 3.05) is 32.8 Å². The highest BCUT2D eigenvalue weighted by Gasteiger charge is 2.08. The monoisotopic (exact) mass is 227 g/mol. The molecule has 0 saturated carbocycles. The maximum absolute atomic E-state index is 5.55. The Hall–Kier alpha value is -0.0800. The van der Waals surface area contributed by atoms with Crippen LogP contribution in [0.1, 0.15) is 58.3 Å². The number of piperidine rings is 1. The van der Waals surface area contributed by atoms with Crippen molar-refractivity contribution in [1.82, 2.24) is 4.90 Å². The van der Waals surface area contributed by atoms with Gasteiger partial charge in [0, 0.05) is 13.2 Å². The van der Waals surface area contributed by atoms with Crippen LogP contribution in [-0.2, 0) is 4.74 Å². The molecule has 0 unspecified atom stereocenters. The highest BCUT2D eigenvalue weighted by Crippen LogP contribution is 2.09. The van der Waals surface area contributed by atoms with Gasteiger partial charge < -0.3 is 9.64 Å². The molecule has 1 aliphatic rings. The topological polar surface area (TPSA) is 12.5 Å². The molecule has 1 aliphatic heterocycles. The molecule has 0 aromatic carbocycles. The van der Waals surface area contributed by atoms with Gasteiger partial charge in [-0.15, -0.1) is 0 Å². The molecule has 0 atom stereocenters. The zero-order valence-corrected chi connectivity index (χ0v) is 11.0. The highest BCUT2D eigenvalue weighted by molar-refractivity contribution is 4.64. The molecule has 0 aromatic heterocycles. The summed E-state index contributed by atoms with van der Waals surface area (Å²) in [6, 6.07) is 0. The highest BCUT2D eigenvalue weighted by atomic mass is 16.5. The first kappa shape index (κ1) is 14.0. The Morgan fingerprint density at radius 3 is 2.38 bits per heavy atom. The van der Waals surface area contributed by atoms with E-state index in [1.807, 2.05) is 0 Å². The lowest BCUT2D eigenvalue weighted by atomic mass is 10.1. The van der Waals surface area contributed by atoms with Crippen LogP contribution in [0.2, 0.25) is 0 Å². The van der Waals surface area contributed by atoms with E-state index in [1.54, 1.807) is 0 Å². The maximum Gasteiger partial charge on any atom is 0.0466 e. The molecule has 0 aromatic rings. The van der Waals surface area contributed by atoms with Gasteiger partial charge in [0.15, 0.2) is 0 Å². The van der Waals surface area contributed by atoms with Crippen molar-refractivity contribution >= 4 is 0 Å². The van der Waals surface area contributed by atoms with E-state index in [4.69, 9.17) is 4.74 Å². The summed E-state index contributed by atoms with van der Waals surface area (Å²) in [7, 11) is 0. The fraction of sp³-hybridized carbons (Fsp3) is 1.00. The molecule has 1 heterocycles. The second-order valence-corrected chi connectivity index (χ2v) is 4.93. The standard InChI is InChI=1S/C14H29NO/c1-2-3-13-16-14-9-5-8-12-15-10-6-4-7-11-15/h2-14H2,1H3. The summed E-state index contributed by atoms with van der Waals surface area (Å²) in [4.78, 5) is 2.63. The van der Waals surface area contributed by atoms with E-state index >= 15 is 0 Å². The Bertz CT molecular complexity index is 144.